The summed E-state index contributed by atoms with van der Waals surface area (Å²) in [7, 11) is 1.53. The first kappa shape index (κ1) is 28.4. The largest absolute Gasteiger partial charge is 0.480 e. The Hall–Kier alpha value is -5.11. The third-order valence-corrected chi connectivity index (χ3v) is 6.91. The maximum atomic E-state index is 13.1. The second kappa shape index (κ2) is 12.2. The number of ether oxygens (including phenoxy) is 2. The molecule has 0 saturated heterocycles. The number of hydrogen-bond acceptors (Lipinski definition) is 6. The molecule has 1 atom stereocenters. The Kier molecular flexibility index (Phi) is 8.24. The van der Waals surface area contributed by atoms with Crippen LogP contribution in [0.1, 0.15) is 44.9 Å². The molecule has 0 aliphatic heterocycles. The first-order valence-corrected chi connectivity index (χ1v) is 13.8. The van der Waals surface area contributed by atoms with E-state index in [1.165, 1.54) is 12.7 Å². The zero-order valence-electron chi connectivity index (χ0n) is 24.4. The number of carbonyl (C=O) groups is 1. The summed E-state index contributed by atoms with van der Waals surface area (Å²) in [6.45, 7) is 8.35. The number of carbonyl (C=O) groups excluding carboxylic acids is 1. The number of nitrogens with zero attached hydrogens (tertiary/aromatic N) is 2. The van der Waals surface area contributed by atoms with Crippen molar-refractivity contribution in [3.05, 3.63) is 108 Å². The monoisotopic (exact) mass is 561 g/mol. The number of benzene rings is 3. The molecule has 1 unspecified atom stereocenters. The molecule has 0 radical (unpaired) electrons. The number of amides is 2. The molecule has 3 N–H and O–H groups in total. The maximum absolute atomic E-state index is 13.1. The SMILES string of the molecule is COc1ncc(C(C)(C)C)cc1NC(=O)Nc1ccc(Oc2ccnc(NC(C)c3ccccc3)c2)c2ccccc12. The number of aromatic nitrogens is 2. The topological polar surface area (TPSA) is 97.4 Å². The molecule has 0 fully saturated rings. The van der Waals surface area contributed by atoms with Crippen LogP contribution in [0.5, 0.6) is 17.4 Å². The van der Waals surface area contributed by atoms with Gasteiger partial charge in [0.2, 0.25) is 5.88 Å². The van der Waals surface area contributed by atoms with Crippen molar-refractivity contribution in [1.29, 1.82) is 0 Å². The molecular formula is C34H35N5O3. The molecule has 2 heterocycles. The number of nitrogens with one attached hydrogen (secondary N) is 3. The zero-order valence-corrected chi connectivity index (χ0v) is 24.4. The van der Waals surface area contributed by atoms with Crippen molar-refractivity contribution >= 4 is 34.0 Å². The van der Waals surface area contributed by atoms with Crippen molar-refractivity contribution in [2.75, 3.05) is 23.1 Å². The molecule has 8 heteroatoms. The lowest BCUT2D eigenvalue weighted by molar-refractivity contribution is 0.262. The minimum Gasteiger partial charge on any atom is -0.480 e. The second-order valence-corrected chi connectivity index (χ2v) is 11.0. The van der Waals surface area contributed by atoms with Gasteiger partial charge in [0, 0.05) is 35.3 Å². The fourth-order valence-electron chi connectivity index (χ4n) is 4.59. The first-order chi connectivity index (χ1) is 20.2. The van der Waals surface area contributed by atoms with Crippen LogP contribution >= 0.6 is 0 Å². The highest BCUT2D eigenvalue weighted by atomic mass is 16.5. The zero-order chi connectivity index (χ0) is 29.7. The normalized spacial score (nSPS) is 11.9. The van der Waals surface area contributed by atoms with Crippen LogP contribution in [0, 0.1) is 0 Å². The Bertz CT molecular complexity index is 1700. The number of rotatable bonds is 8. The van der Waals surface area contributed by atoms with E-state index in [9.17, 15) is 4.79 Å². The highest BCUT2D eigenvalue weighted by molar-refractivity contribution is 6.07. The molecule has 0 saturated carbocycles. The smallest absolute Gasteiger partial charge is 0.323 e. The average Bonchev–Trinajstić information content (AvgIpc) is 2.98. The maximum Gasteiger partial charge on any atom is 0.323 e. The van der Waals surface area contributed by atoms with Gasteiger partial charge < -0.3 is 25.4 Å². The van der Waals surface area contributed by atoms with Crippen molar-refractivity contribution in [2.24, 2.45) is 0 Å². The molecule has 214 valence electrons. The van der Waals surface area contributed by atoms with Crippen LogP contribution < -0.4 is 25.4 Å². The molecule has 5 rings (SSSR count). The van der Waals surface area contributed by atoms with Crippen LogP contribution in [0.4, 0.5) is 22.0 Å². The van der Waals surface area contributed by atoms with E-state index in [0.717, 1.165) is 16.3 Å². The fourth-order valence-corrected chi connectivity index (χ4v) is 4.59. The summed E-state index contributed by atoms with van der Waals surface area (Å²) in [5, 5.41) is 11.0. The van der Waals surface area contributed by atoms with Gasteiger partial charge in [-0.25, -0.2) is 14.8 Å². The molecule has 0 aliphatic rings. The van der Waals surface area contributed by atoms with Gasteiger partial charge in [0.25, 0.3) is 0 Å². The fraction of sp³-hybridized carbons (Fsp3) is 0.206. The van der Waals surface area contributed by atoms with Crippen LogP contribution in [0.25, 0.3) is 10.8 Å². The number of fused-ring (bicyclic) bond motifs is 1. The van der Waals surface area contributed by atoms with Gasteiger partial charge in [-0.05, 0) is 47.7 Å². The van der Waals surface area contributed by atoms with Crippen molar-refractivity contribution in [2.45, 2.75) is 39.2 Å². The lowest BCUT2D eigenvalue weighted by Gasteiger charge is -2.20. The van der Waals surface area contributed by atoms with E-state index in [2.05, 4.69) is 65.7 Å². The molecule has 42 heavy (non-hydrogen) atoms. The van der Waals surface area contributed by atoms with Crippen LogP contribution in [-0.4, -0.2) is 23.1 Å². The lowest BCUT2D eigenvalue weighted by Crippen LogP contribution is -2.21. The van der Waals surface area contributed by atoms with Gasteiger partial charge in [-0.2, -0.15) is 0 Å². The summed E-state index contributed by atoms with van der Waals surface area (Å²) in [6.07, 6.45) is 3.48. The highest BCUT2D eigenvalue weighted by Gasteiger charge is 2.19. The molecular weight excluding hydrogens is 526 g/mol. The number of urea groups is 1. The van der Waals surface area contributed by atoms with Gasteiger partial charge in [-0.1, -0.05) is 75.4 Å². The number of anilines is 3. The van der Waals surface area contributed by atoms with Crippen molar-refractivity contribution < 1.29 is 14.3 Å². The standard InChI is InChI=1S/C34H35N5O3/c1-22(23-11-7-6-8-12-23)37-31-20-25(17-18-35-31)42-30-16-15-28(26-13-9-10-14-27(26)30)38-33(40)39-29-19-24(34(2,3)4)21-36-32(29)41-5/h6-22H,1-5H3,(H,35,37)(H2,38,39,40). The van der Waals surface area contributed by atoms with Crippen LogP contribution in [0.15, 0.2) is 97.3 Å². The summed E-state index contributed by atoms with van der Waals surface area (Å²) in [5.74, 6) is 2.36. The van der Waals surface area contributed by atoms with E-state index < -0.39 is 6.03 Å². The number of methoxy groups -OCH3 is 1. The van der Waals surface area contributed by atoms with Gasteiger partial charge in [-0.15, -0.1) is 0 Å². The third kappa shape index (κ3) is 6.61. The average molecular weight is 562 g/mol. The molecule has 0 spiro atoms. The molecule has 2 aromatic heterocycles. The molecule has 0 bridgehead atoms. The van der Waals surface area contributed by atoms with E-state index in [-0.39, 0.29) is 11.5 Å². The van der Waals surface area contributed by atoms with E-state index in [1.54, 1.807) is 12.4 Å². The molecule has 0 aliphatic carbocycles. The van der Waals surface area contributed by atoms with E-state index in [1.807, 2.05) is 72.8 Å². The highest BCUT2D eigenvalue weighted by Crippen LogP contribution is 2.35. The van der Waals surface area contributed by atoms with Crippen molar-refractivity contribution in [1.82, 2.24) is 9.97 Å². The lowest BCUT2D eigenvalue weighted by atomic mass is 9.88. The first-order valence-electron chi connectivity index (χ1n) is 13.8. The molecule has 2 amide bonds. The minimum absolute atomic E-state index is 0.0815. The van der Waals surface area contributed by atoms with Crippen LogP contribution in [-0.2, 0) is 5.41 Å². The van der Waals surface area contributed by atoms with Crippen LogP contribution in [0.3, 0.4) is 0 Å². The Balaban J connectivity index is 1.34. The van der Waals surface area contributed by atoms with E-state index in [4.69, 9.17) is 9.47 Å². The summed E-state index contributed by atoms with van der Waals surface area (Å²) < 4.78 is 11.7. The summed E-state index contributed by atoms with van der Waals surface area (Å²) in [5.41, 5.74) is 3.15. The Morgan fingerprint density at radius 2 is 1.55 bits per heavy atom. The quantitative estimate of drug-likeness (QED) is 0.176. The number of hydrogen-bond donors (Lipinski definition) is 3. The van der Waals surface area contributed by atoms with Crippen molar-refractivity contribution in [3.63, 3.8) is 0 Å². The molecule has 5 aromatic rings. The summed E-state index contributed by atoms with van der Waals surface area (Å²) in [6, 6.07) is 26.9. The minimum atomic E-state index is -0.405. The van der Waals surface area contributed by atoms with Gasteiger partial charge >= 0.3 is 6.03 Å². The van der Waals surface area contributed by atoms with E-state index in [0.29, 0.717) is 34.6 Å². The van der Waals surface area contributed by atoms with Gasteiger partial charge in [-0.3, -0.25) is 0 Å². The predicted octanol–water partition coefficient (Wildman–Crippen LogP) is 8.55. The van der Waals surface area contributed by atoms with Crippen LogP contribution in [0.2, 0.25) is 0 Å². The number of pyridine rings is 2. The summed E-state index contributed by atoms with van der Waals surface area (Å²) >= 11 is 0. The van der Waals surface area contributed by atoms with Crippen molar-refractivity contribution in [3.8, 4) is 17.4 Å². The predicted molar refractivity (Wildman–Crippen MR) is 169 cm³/mol. The summed E-state index contributed by atoms with van der Waals surface area (Å²) in [4.78, 5) is 21.9. The Morgan fingerprint density at radius 3 is 2.29 bits per heavy atom. The van der Waals surface area contributed by atoms with E-state index >= 15 is 0 Å². The Morgan fingerprint density at radius 1 is 0.833 bits per heavy atom. The molecule has 3 aromatic carbocycles. The van der Waals surface area contributed by atoms with Gasteiger partial charge in [0.05, 0.1) is 12.8 Å². The molecule has 8 nitrogen and oxygen atoms in total. The van der Waals surface area contributed by atoms with Gasteiger partial charge in [0.1, 0.15) is 23.0 Å². The Labute approximate surface area is 246 Å². The second-order valence-electron chi connectivity index (χ2n) is 11.0. The van der Waals surface area contributed by atoms with Gasteiger partial charge in [0.15, 0.2) is 0 Å². The third-order valence-electron chi connectivity index (χ3n) is 6.91.